The number of aromatic nitrogens is 3. The zero-order chi connectivity index (χ0) is 17.4. The normalized spacial score (nSPS) is 12.9. The maximum atomic E-state index is 12.5. The van der Waals surface area contributed by atoms with E-state index in [-0.39, 0.29) is 22.2 Å². The van der Waals surface area contributed by atoms with E-state index in [0.29, 0.717) is 10.6 Å². The van der Waals surface area contributed by atoms with Crippen molar-refractivity contribution in [3.05, 3.63) is 33.5 Å². The van der Waals surface area contributed by atoms with Crippen molar-refractivity contribution in [3.8, 4) is 0 Å². The van der Waals surface area contributed by atoms with Gasteiger partial charge in [0.2, 0.25) is 0 Å². The van der Waals surface area contributed by atoms with E-state index in [4.69, 9.17) is 5.11 Å². The molecular formula is C15H20N4O3S. The lowest BCUT2D eigenvalue weighted by molar-refractivity contribution is 0.0701. The number of amides is 1. The first-order valence-electron chi connectivity index (χ1n) is 7.13. The van der Waals surface area contributed by atoms with Gasteiger partial charge in [-0.05, 0) is 6.92 Å². The van der Waals surface area contributed by atoms with Gasteiger partial charge in [0, 0.05) is 18.7 Å². The molecule has 2 heterocycles. The molecule has 1 unspecified atom stereocenters. The highest BCUT2D eigenvalue weighted by Crippen LogP contribution is 2.25. The first kappa shape index (κ1) is 17.1. The van der Waals surface area contributed by atoms with Crippen molar-refractivity contribution in [1.29, 1.82) is 0 Å². The largest absolute Gasteiger partial charge is 0.477 e. The second-order valence-corrected chi connectivity index (χ2v) is 7.44. The molecule has 2 rings (SSSR count). The van der Waals surface area contributed by atoms with Crippen LogP contribution in [0.15, 0.2) is 12.4 Å². The van der Waals surface area contributed by atoms with Crippen molar-refractivity contribution >= 4 is 23.2 Å². The lowest BCUT2D eigenvalue weighted by Gasteiger charge is -2.18. The molecule has 2 aromatic rings. The number of rotatable bonds is 4. The molecule has 0 saturated carbocycles. The minimum Gasteiger partial charge on any atom is -0.477 e. The fraction of sp³-hybridized carbons (Fsp3) is 0.467. The van der Waals surface area contributed by atoms with E-state index in [2.05, 4.69) is 15.4 Å². The van der Waals surface area contributed by atoms with Crippen LogP contribution < -0.4 is 5.32 Å². The van der Waals surface area contributed by atoms with Crippen LogP contribution in [0.2, 0.25) is 0 Å². The van der Waals surface area contributed by atoms with Crippen molar-refractivity contribution < 1.29 is 14.7 Å². The highest BCUT2D eigenvalue weighted by atomic mass is 32.1. The van der Waals surface area contributed by atoms with Gasteiger partial charge in [-0.2, -0.15) is 5.10 Å². The zero-order valence-electron chi connectivity index (χ0n) is 13.7. The Morgan fingerprint density at radius 1 is 1.39 bits per heavy atom. The third kappa shape index (κ3) is 3.76. The number of carbonyl (C=O) groups excluding carboxylic acids is 1. The number of hydrogen-bond acceptors (Lipinski definition) is 5. The van der Waals surface area contributed by atoms with E-state index in [1.165, 1.54) is 6.20 Å². The number of carbonyl (C=O) groups is 2. The monoisotopic (exact) mass is 336 g/mol. The maximum Gasteiger partial charge on any atom is 0.347 e. The van der Waals surface area contributed by atoms with Gasteiger partial charge >= 0.3 is 5.97 Å². The Balaban J connectivity index is 2.20. The molecule has 7 nitrogen and oxygen atoms in total. The second kappa shape index (κ2) is 6.11. The molecule has 0 aliphatic carbocycles. The quantitative estimate of drug-likeness (QED) is 0.893. The molecule has 2 N–H and O–H groups in total. The molecule has 124 valence electrons. The zero-order valence-corrected chi connectivity index (χ0v) is 14.6. The molecule has 0 radical (unpaired) electrons. The number of aromatic carboxylic acids is 1. The van der Waals surface area contributed by atoms with Gasteiger partial charge in [0.05, 0.1) is 23.5 Å². The van der Waals surface area contributed by atoms with Gasteiger partial charge in [-0.25, -0.2) is 9.78 Å². The molecule has 23 heavy (non-hydrogen) atoms. The molecule has 0 fully saturated rings. The molecule has 0 bridgehead atoms. The minimum atomic E-state index is -1.02. The van der Waals surface area contributed by atoms with Gasteiger partial charge in [-0.1, -0.05) is 20.8 Å². The third-order valence-corrected chi connectivity index (χ3v) is 4.40. The average Bonchev–Trinajstić information content (AvgIpc) is 3.03. The van der Waals surface area contributed by atoms with E-state index >= 15 is 0 Å². The number of nitrogens with zero attached hydrogens (tertiary/aromatic N) is 3. The smallest absolute Gasteiger partial charge is 0.347 e. The van der Waals surface area contributed by atoms with Gasteiger partial charge in [0.15, 0.2) is 0 Å². The summed E-state index contributed by atoms with van der Waals surface area (Å²) in [5.41, 5.74) is 0.978. The van der Waals surface area contributed by atoms with Crippen LogP contribution in [0.3, 0.4) is 0 Å². The Labute approximate surface area is 138 Å². The molecule has 2 aromatic heterocycles. The summed E-state index contributed by atoms with van der Waals surface area (Å²) >= 11 is 1.06. The van der Waals surface area contributed by atoms with Crippen LogP contribution in [-0.2, 0) is 12.5 Å². The number of carboxylic acids is 1. The Hall–Kier alpha value is -2.22. The van der Waals surface area contributed by atoms with Crippen molar-refractivity contribution in [2.75, 3.05) is 0 Å². The summed E-state index contributed by atoms with van der Waals surface area (Å²) in [7, 11) is 1.77. The van der Waals surface area contributed by atoms with E-state index in [1.54, 1.807) is 24.9 Å². The number of aryl methyl sites for hydroxylation is 1. The second-order valence-electron chi connectivity index (χ2n) is 6.38. The SMILES string of the molecule is CC(NC(=O)c1cn(C)nc1C(C)(C)C)c1ncc(C(=O)O)s1. The number of carboxylic acid groups (broad SMARTS) is 1. The highest BCUT2D eigenvalue weighted by Gasteiger charge is 2.27. The number of nitrogens with one attached hydrogen (secondary N) is 1. The Morgan fingerprint density at radius 2 is 2.04 bits per heavy atom. The summed E-state index contributed by atoms with van der Waals surface area (Å²) in [6, 6.07) is -0.381. The van der Waals surface area contributed by atoms with Crippen LogP contribution in [0.1, 0.15) is 64.5 Å². The lowest BCUT2D eigenvalue weighted by Crippen LogP contribution is -2.29. The summed E-state index contributed by atoms with van der Waals surface area (Å²) in [5, 5.41) is 16.7. The van der Waals surface area contributed by atoms with Crippen LogP contribution in [-0.4, -0.2) is 31.7 Å². The van der Waals surface area contributed by atoms with Crippen LogP contribution in [0, 0.1) is 0 Å². The molecule has 0 aliphatic rings. The minimum absolute atomic E-state index is 0.151. The van der Waals surface area contributed by atoms with Crippen LogP contribution >= 0.6 is 11.3 Å². The fourth-order valence-electron chi connectivity index (χ4n) is 2.13. The predicted molar refractivity (Wildman–Crippen MR) is 86.9 cm³/mol. The Bertz CT molecular complexity index is 742. The van der Waals surface area contributed by atoms with Crippen molar-refractivity contribution in [2.24, 2.45) is 7.05 Å². The molecule has 0 spiro atoms. The van der Waals surface area contributed by atoms with E-state index < -0.39 is 5.97 Å². The average molecular weight is 336 g/mol. The summed E-state index contributed by atoms with van der Waals surface area (Å²) in [5.74, 6) is -1.27. The van der Waals surface area contributed by atoms with E-state index in [9.17, 15) is 9.59 Å². The molecular weight excluding hydrogens is 316 g/mol. The molecule has 0 saturated heterocycles. The van der Waals surface area contributed by atoms with Gasteiger partial charge in [-0.3, -0.25) is 9.48 Å². The fourth-order valence-corrected chi connectivity index (χ4v) is 2.89. The van der Waals surface area contributed by atoms with Crippen LogP contribution in [0.4, 0.5) is 0 Å². The molecule has 0 aromatic carbocycles. The summed E-state index contributed by atoms with van der Waals surface area (Å²) in [6.45, 7) is 7.76. The topological polar surface area (TPSA) is 97.1 Å². The van der Waals surface area contributed by atoms with Gasteiger partial charge < -0.3 is 10.4 Å². The third-order valence-electron chi connectivity index (χ3n) is 3.24. The van der Waals surface area contributed by atoms with Gasteiger partial charge in [0.25, 0.3) is 5.91 Å². The van der Waals surface area contributed by atoms with Crippen LogP contribution in [0.25, 0.3) is 0 Å². The molecule has 1 atom stereocenters. The maximum absolute atomic E-state index is 12.5. The van der Waals surface area contributed by atoms with Crippen molar-refractivity contribution in [1.82, 2.24) is 20.1 Å². The van der Waals surface area contributed by atoms with E-state index in [1.807, 2.05) is 20.8 Å². The Kier molecular flexibility index (Phi) is 4.56. The highest BCUT2D eigenvalue weighted by molar-refractivity contribution is 7.13. The van der Waals surface area contributed by atoms with Crippen molar-refractivity contribution in [2.45, 2.75) is 39.2 Å². The number of thiazole rings is 1. The standard InChI is InChI=1S/C15H20N4O3S/c1-8(13-16-6-10(23-13)14(21)22)17-12(20)9-7-19(5)18-11(9)15(2,3)4/h6-8H,1-5H3,(H,17,20)(H,21,22). The summed E-state index contributed by atoms with van der Waals surface area (Å²) < 4.78 is 1.62. The summed E-state index contributed by atoms with van der Waals surface area (Å²) in [4.78, 5) is 27.7. The van der Waals surface area contributed by atoms with Gasteiger partial charge in [0.1, 0.15) is 9.88 Å². The van der Waals surface area contributed by atoms with Crippen molar-refractivity contribution in [3.63, 3.8) is 0 Å². The first-order chi connectivity index (χ1) is 10.6. The lowest BCUT2D eigenvalue weighted by atomic mass is 9.89. The molecule has 8 heteroatoms. The first-order valence-corrected chi connectivity index (χ1v) is 7.95. The van der Waals surface area contributed by atoms with Gasteiger partial charge in [-0.15, -0.1) is 11.3 Å². The van der Waals surface area contributed by atoms with Crippen LogP contribution in [0.5, 0.6) is 0 Å². The molecule has 1 amide bonds. The predicted octanol–water partition coefficient (Wildman–Crippen LogP) is 2.36. The van der Waals surface area contributed by atoms with E-state index in [0.717, 1.165) is 17.0 Å². The summed E-state index contributed by atoms with van der Waals surface area (Å²) in [6.07, 6.45) is 2.99. The number of hydrogen-bond donors (Lipinski definition) is 2. The Morgan fingerprint density at radius 3 is 2.57 bits per heavy atom. The molecule has 0 aliphatic heterocycles.